The van der Waals surface area contributed by atoms with E-state index in [1.165, 1.54) is 19.3 Å². The van der Waals surface area contributed by atoms with E-state index in [1.807, 2.05) is 31.2 Å². The lowest BCUT2D eigenvalue weighted by molar-refractivity contribution is -0.135. The number of carbonyl (C=O) groups excluding carboxylic acids is 1. The molecule has 1 aromatic heterocycles. The molecule has 0 spiro atoms. The highest BCUT2D eigenvalue weighted by Crippen LogP contribution is 2.39. The van der Waals surface area contributed by atoms with Crippen molar-refractivity contribution in [1.82, 2.24) is 14.0 Å². The quantitative estimate of drug-likeness (QED) is 0.861. The fraction of sp³-hybridized carbons (Fsp3) is 0.600. The van der Waals surface area contributed by atoms with Crippen LogP contribution in [0.25, 0.3) is 11.0 Å². The van der Waals surface area contributed by atoms with Gasteiger partial charge in [0.1, 0.15) is 6.54 Å². The van der Waals surface area contributed by atoms with Crippen LogP contribution in [0.5, 0.6) is 0 Å². The fourth-order valence-electron chi connectivity index (χ4n) is 5.09. The van der Waals surface area contributed by atoms with Crippen LogP contribution < -0.4 is 5.69 Å². The minimum absolute atomic E-state index is 0.0795. The van der Waals surface area contributed by atoms with Gasteiger partial charge in [-0.3, -0.25) is 13.9 Å². The number of aryl methyl sites for hydroxylation is 1. The molecule has 25 heavy (non-hydrogen) atoms. The van der Waals surface area contributed by atoms with Crippen molar-refractivity contribution in [2.75, 3.05) is 0 Å². The summed E-state index contributed by atoms with van der Waals surface area (Å²) in [7, 11) is 0. The van der Waals surface area contributed by atoms with Gasteiger partial charge in [-0.25, -0.2) is 4.79 Å². The molecular formula is C20H27N3O2. The minimum Gasteiger partial charge on any atom is -0.335 e. The highest BCUT2D eigenvalue weighted by atomic mass is 16.2. The third-order valence-corrected chi connectivity index (χ3v) is 6.17. The maximum atomic E-state index is 13.1. The van der Waals surface area contributed by atoms with Crippen LogP contribution in [0, 0.1) is 5.92 Å². The van der Waals surface area contributed by atoms with E-state index in [4.69, 9.17) is 0 Å². The number of rotatable bonds is 3. The second-order valence-electron chi connectivity index (χ2n) is 7.60. The van der Waals surface area contributed by atoms with Crippen molar-refractivity contribution in [2.24, 2.45) is 5.92 Å². The SMILES string of the molecule is CCn1c(=O)n(CC(=O)N2C(C)CC3CCCCC32)c2ccccc21. The number of fused-ring (bicyclic) bond motifs is 2. The minimum atomic E-state index is -0.0795. The fourth-order valence-corrected chi connectivity index (χ4v) is 5.09. The van der Waals surface area contributed by atoms with Gasteiger partial charge in [-0.1, -0.05) is 25.0 Å². The normalized spacial score (nSPS) is 26.2. The van der Waals surface area contributed by atoms with Crippen LogP contribution in [0.1, 0.15) is 46.0 Å². The second kappa shape index (κ2) is 6.36. The van der Waals surface area contributed by atoms with Crippen molar-refractivity contribution in [1.29, 1.82) is 0 Å². The monoisotopic (exact) mass is 341 g/mol. The van der Waals surface area contributed by atoms with E-state index in [2.05, 4.69) is 11.8 Å². The zero-order chi connectivity index (χ0) is 17.6. The molecule has 2 heterocycles. The standard InChI is InChI=1S/C20H27N3O2/c1-3-21-17-10-6-7-11-18(17)22(20(21)25)13-19(24)23-14(2)12-15-8-4-5-9-16(15)23/h6-7,10-11,14-16H,3-5,8-9,12-13H2,1-2H3. The molecule has 0 radical (unpaired) electrons. The Labute approximate surface area is 148 Å². The largest absolute Gasteiger partial charge is 0.335 e. The number of nitrogens with zero attached hydrogens (tertiary/aromatic N) is 3. The summed E-state index contributed by atoms with van der Waals surface area (Å²) in [6, 6.07) is 8.43. The predicted molar refractivity (Wildman–Crippen MR) is 98.5 cm³/mol. The van der Waals surface area contributed by atoms with Gasteiger partial charge in [-0.15, -0.1) is 0 Å². The lowest BCUT2D eigenvalue weighted by Gasteiger charge is -2.33. The number of hydrogen-bond acceptors (Lipinski definition) is 2. The number of amides is 1. The Balaban J connectivity index is 1.66. The van der Waals surface area contributed by atoms with E-state index >= 15 is 0 Å². The van der Waals surface area contributed by atoms with Crippen molar-refractivity contribution < 1.29 is 4.79 Å². The molecule has 3 unspecified atom stereocenters. The van der Waals surface area contributed by atoms with E-state index in [0.29, 0.717) is 18.5 Å². The van der Waals surface area contributed by atoms with Crippen LogP contribution in [0.4, 0.5) is 0 Å². The van der Waals surface area contributed by atoms with Crippen LogP contribution in [0.3, 0.4) is 0 Å². The third-order valence-electron chi connectivity index (χ3n) is 6.17. The number of para-hydroxylation sites is 2. The van der Waals surface area contributed by atoms with Gasteiger partial charge in [-0.2, -0.15) is 0 Å². The summed E-state index contributed by atoms with van der Waals surface area (Å²) < 4.78 is 3.41. The van der Waals surface area contributed by atoms with Crippen LogP contribution in [-0.4, -0.2) is 32.0 Å². The molecule has 5 nitrogen and oxygen atoms in total. The molecule has 1 aromatic carbocycles. The molecule has 134 valence electrons. The Kier molecular flexibility index (Phi) is 4.18. The highest BCUT2D eigenvalue weighted by Gasteiger charge is 2.42. The highest BCUT2D eigenvalue weighted by molar-refractivity contribution is 5.81. The summed E-state index contributed by atoms with van der Waals surface area (Å²) in [5, 5.41) is 0. The van der Waals surface area contributed by atoms with E-state index < -0.39 is 0 Å². The maximum absolute atomic E-state index is 13.1. The van der Waals surface area contributed by atoms with Crippen molar-refractivity contribution in [3.8, 4) is 0 Å². The molecule has 5 heteroatoms. The molecule has 2 aliphatic rings. The van der Waals surface area contributed by atoms with Gasteiger partial charge in [0.15, 0.2) is 0 Å². The zero-order valence-corrected chi connectivity index (χ0v) is 15.1. The second-order valence-corrected chi connectivity index (χ2v) is 7.60. The van der Waals surface area contributed by atoms with Crippen LogP contribution in [0.15, 0.2) is 29.1 Å². The summed E-state index contributed by atoms with van der Waals surface area (Å²) in [5.41, 5.74) is 1.69. The number of aromatic nitrogens is 2. The topological polar surface area (TPSA) is 47.2 Å². The number of likely N-dealkylation sites (tertiary alicyclic amines) is 1. The Morgan fingerprint density at radius 1 is 1.12 bits per heavy atom. The molecule has 1 aliphatic carbocycles. The Hall–Kier alpha value is -2.04. The lowest BCUT2D eigenvalue weighted by atomic mass is 9.85. The van der Waals surface area contributed by atoms with E-state index in [-0.39, 0.29) is 24.2 Å². The van der Waals surface area contributed by atoms with E-state index in [0.717, 1.165) is 23.9 Å². The van der Waals surface area contributed by atoms with Gasteiger partial charge in [0.2, 0.25) is 5.91 Å². The van der Waals surface area contributed by atoms with E-state index in [9.17, 15) is 9.59 Å². The summed E-state index contributed by atoms with van der Waals surface area (Å²) in [5.74, 6) is 0.754. The van der Waals surface area contributed by atoms with Crippen LogP contribution in [-0.2, 0) is 17.9 Å². The lowest BCUT2D eigenvalue weighted by Crippen LogP contribution is -2.45. The van der Waals surface area contributed by atoms with Crippen LogP contribution in [0.2, 0.25) is 0 Å². The Morgan fingerprint density at radius 3 is 2.52 bits per heavy atom. The molecule has 0 bridgehead atoms. The molecule has 3 atom stereocenters. The Morgan fingerprint density at radius 2 is 1.80 bits per heavy atom. The molecule has 1 saturated heterocycles. The molecule has 0 N–H and O–H groups in total. The van der Waals surface area contributed by atoms with Crippen LogP contribution >= 0.6 is 0 Å². The average molecular weight is 341 g/mol. The first-order chi connectivity index (χ1) is 12.1. The summed E-state index contributed by atoms with van der Waals surface area (Å²) >= 11 is 0. The molecule has 2 fully saturated rings. The number of carbonyl (C=O) groups is 1. The van der Waals surface area contributed by atoms with Gasteiger partial charge in [0, 0.05) is 18.6 Å². The molecular weight excluding hydrogens is 314 g/mol. The summed E-state index contributed by atoms with van der Waals surface area (Å²) in [6.45, 7) is 4.90. The summed E-state index contributed by atoms with van der Waals surface area (Å²) in [6.07, 6.45) is 5.98. The molecule has 2 aromatic rings. The van der Waals surface area contributed by atoms with Crippen molar-refractivity contribution in [2.45, 2.75) is 71.1 Å². The first-order valence-electron chi connectivity index (χ1n) is 9.61. The smallest absolute Gasteiger partial charge is 0.329 e. The Bertz CT molecular complexity index is 850. The molecule has 4 rings (SSSR count). The molecule has 1 saturated carbocycles. The van der Waals surface area contributed by atoms with Gasteiger partial charge >= 0.3 is 5.69 Å². The average Bonchev–Trinajstić information content (AvgIpc) is 3.09. The van der Waals surface area contributed by atoms with E-state index in [1.54, 1.807) is 9.13 Å². The number of imidazole rings is 1. The van der Waals surface area contributed by atoms with Crippen molar-refractivity contribution in [3.63, 3.8) is 0 Å². The van der Waals surface area contributed by atoms with Gasteiger partial charge in [-0.05, 0) is 51.2 Å². The first kappa shape index (κ1) is 16.4. The number of hydrogen-bond donors (Lipinski definition) is 0. The predicted octanol–water partition coefficient (Wildman–Crippen LogP) is 3.00. The maximum Gasteiger partial charge on any atom is 0.329 e. The van der Waals surface area contributed by atoms with Crippen molar-refractivity contribution in [3.05, 3.63) is 34.7 Å². The molecule has 1 amide bonds. The third kappa shape index (κ3) is 2.60. The number of benzene rings is 1. The van der Waals surface area contributed by atoms with Gasteiger partial charge < -0.3 is 4.90 Å². The van der Waals surface area contributed by atoms with Gasteiger partial charge in [0.25, 0.3) is 0 Å². The van der Waals surface area contributed by atoms with Gasteiger partial charge in [0.05, 0.1) is 11.0 Å². The summed E-state index contributed by atoms with van der Waals surface area (Å²) in [4.78, 5) is 28.0. The first-order valence-corrected chi connectivity index (χ1v) is 9.61. The zero-order valence-electron chi connectivity index (χ0n) is 15.1. The molecule has 1 aliphatic heterocycles. The van der Waals surface area contributed by atoms with Crippen molar-refractivity contribution >= 4 is 16.9 Å².